The molecular weight excluding hydrogens is 379 g/mol. The molecule has 0 spiro atoms. The lowest BCUT2D eigenvalue weighted by Crippen LogP contribution is -2.10. The van der Waals surface area contributed by atoms with E-state index >= 15 is 0 Å². The smallest absolute Gasteiger partial charge is 0.326 e. The summed E-state index contributed by atoms with van der Waals surface area (Å²) in [4.78, 5) is 20.9. The van der Waals surface area contributed by atoms with Crippen LogP contribution in [-0.4, -0.2) is 25.8 Å². The number of carbonyl (C=O) groups excluding carboxylic acids is 1. The Labute approximate surface area is 155 Å². The normalized spacial score (nSPS) is 11.3. The van der Waals surface area contributed by atoms with E-state index in [1.165, 1.54) is 13.1 Å². The second-order valence-corrected chi connectivity index (χ2v) is 5.77. The molecule has 11 heteroatoms. The molecule has 0 aliphatic carbocycles. The maximum atomic E-state index is 13.1. The zero-order valence-electron chi connectivity index (χ0n) is 14.3. The SMILES string of the molecule is CC(=O)Nc1cccc(-c2cn(-c3ccc([N+](=O)[O-])c(C(F)(F)F)c3)nn2)c1. The Morgan fingerprint density at radius 1 is 1.21 bits per heavy atom. The summed E-state index contributed by atoms with van der Waals surface area (Å²) in [5.74, 6) is -0.258. The molecule has 0 saturated carbocycles. The first-order valence-corrected chi connectivity index (χ1v) is 7.81. The van der Waals surface area contributed by atoms with E-state index in [2.05, 4.69) is 15.6 Å². The monoisotopic (exact) mass is 391 g/mol. The molecule has 0 aliphatic rings. The number of aromatic nitrogens is 3. The topological polar surface area (TPSA) is 103 Å². The fourth-order valence-electron chi connectivity index (χ4n) is 2.53. The maximum absolute atomic E-state index is 13.1. The first-order valence-electron chi connectivity index (χ1n) is 7.81. The van der Waals surface area contributed by atoms with Crippen LogP contribution < -0.4 is 5.32 Å². The van der Waals surface area contributed by atoms with E-state index in [1.54, 1.807) is 24.3 Å². The summed E-state index contributed by atoms with van der Waals surface area (Å²) in [6.07, 6.45) is -3.51. The minimum Gasteiger partial charge on any atom is -0.326 e. The van der Waals surface area contributed by atoms with Gasteiger partial charge < -0.3 is 5.32 Å². The van der Waals surface area contributed by atoms with Gasteiger partial charge in [0.1, 0.15) is 11.3 Å². The van der Waals surface area contributed by atoms with Crippen LogP contribution in [0.25, 0.3) is 16.9 Å². The first kappa shape index (κ1) is 19.0. The van der Waals surface area contributed by atoms with Gasteiger partial charge in [-0.15, -0.1) is 5.10 Å². The van der Waals surface area contributed by atoms with Gasteiger partial charge in [0, 0.05) is 24.2 Å². The largest absolute Gasteiger partial charge is 0.423 e. The van der Waals surface area contributed by atoms with Crippen LogP contribution in [0.5, 0.6) is 0 Å². The highest BCUT2D eigenvalue weighted by Crippen LogP contribution is 2.37. The number of hydrogen-bond donors (Lipinski definition) is 1. The Hall–Kier alpha value is -3.76. The summed E-state index contributed by atoms with van der Waals surface area (Å²) >= 11 is 0. The van der Waals surface area contributed by atoms with Crippen LogP contribution in [0, 0.1) is 10.1 Å². The molecular formula is C17H12F3N5O3. The third-order valence-electron chi connectivity index (χ3n) is 3.72. The molecule has 3 rings (SSSR count). The van der Waals surface area contributed by atoms with Crippen molar-refractivity contribution in [1.82, 2.24) is 15.0 Å². The molecule has 1 amide bonds. The summed E-state index contributed by atoms with van der Waals surface area (Å²) in [5.41, 5.74) is -1.00. The van der Waals surface area contributed by atoms with Crippen molar-refractivity contribution in [3.05, 3.63) is 64.3 Å². The van der Waals surface area contributed by atoms with Gasteiger partial charge in [-0.25, -0.2) is 4.68 Å². The van der Waals surface area contributed by atoms with Gasteiger partial charge in [0.05, 0.1) is 16.8 Å². The fourth-order valence-corrected chi connectivity index (χ4v) is 2.53. The van der Waals surface area contributed by atoms with Crippen molar-refractivity contribution in [3.8, 4) is 16.9 Å². The number of rotatable bonds is 4. The van der Waals surface area contributed by atoms with Crippen LogP contribution in [0.3, 0.4) is 0 Å². The van der Waals surface area contributed by atoms with Crippen molar-refractivity contribution in [2.24, 2.45) is 0 Å². The lowest BCUT2D eigenvalue weighted by atomic mass is 10.1. The number of anilines is 1. The number of hydrogen-bond acceptors (Lipinski definition) is 5. The van der Waals surface area contributed by atoms with Gasteiger partial charge in [0.25, 0.3) is 5.69 Å². The van der Waals surface area contributed by atoms with Crippen LogP contribution in [0.1, 0.15) is 12.5 Å². The van der Waals surface area contributed by atoms with Gasteiger partial charge in [-0.1, -0.05) is 17.3 Å². The first-order chi connectivity index (χ1) is 13.1. The molecule has 28 heavy (non-hydrogen) atoms. The Balaban J connectivity index is 1.99. The van der Waals surface area contributed by atoms with Crippen LogP contribution in [-0.2, 0) is 11.0 Å². The summed E-state index contributed by atoms with van der Waals surface area (Å²) in [6, 6.07) is 9.23. The molecule has 2 aromatic carbocycles. The van der Waals surface area contributed by atoms with Crippen molar-refractivity contribution >= 4 is 17.3 Å². The highest BCUT2D eigenvalue weighted by molar-refractivity contribution is 5.89. The number of amides is 1. The summed E-state index contributed by atoms with van der Waals surface area (Å²) < 4.78 is 40.5. The Bertz CT molecular complexity index is 1060. The van der Waals surface area contributed by atoms with E-state index in [1.807, 2.05) is 0 Å². The van der Waals surface area contributed by atoms with Gasteiger partial charge in [0.15, 0.2) is 0 Å². The highest BCUT2D eigenvalue weighted by atomic mass is 19.4. The molecule has 0 fully saturated rings. The minimum atomic E-state index is -4.89. The van der Waals surface area contributed by atoms with Crippen molar-refractivity contribution in [2.75, 3.05) is 5.32 Å². The molecule has 0 atom stereocenters. The second-order valence-electron chi connectivity index (χ2n) is 5.77. The van der Waals surface area contributed by atoms with Crippen LogP contribution in [0.4, 0.5) is 24.5 Å². The zero-order valence-corrected chi connectivity index (χ0v) is 14.3. The average molecular weight is 391 g/mol. The number of nitrogens with one attached hydrogen (secondary N) is 1. The number of halogens is 3. The summed E-state index contributed by atoms with van der Waals surface area (Å²) in [7, 11) is 0. The van der Waals surface area contributed by atoms with Crippen molar-refractivity contribution in [2.45, 2.75) is 13.1 Å². The second kappa shape index (κ2) is 7.10. The minimum absolute atomic E-state index is 0.0327. The Kier molecular flexibility index (Phi) is 4.82. The molecule has 0 radical (unpaired) electrons. The van der Waals surface area contributed by atoms with E-state index in [9.17, 15) is 28.1 Å². The van der Waals surface area contributed by atoms with Gasteiger partial charge in [-0.2, -0.15) is 13.2 Å². The van der Waals surface area contributed by atoms with Crippen LogP contribution in [0.2, 0.25) is 0 Å². The van der Waals surface area contributed by atoms with Crippen molar-refractivity contribution in [1.29, 1.82) is 0 Å². The predicted molar refractivity (Wildman–Crippen MR) is 92.8 cm³/mol. The van der Waals surface area contributed by atoms with Gasteiger partial charge in [-0.3, -0.25) is 14.9 Å². The average Bonchev–Trinajstić information content (AvgIpc) is 3.10. The van der Waals surface area contributed by atoms with E-state index in [0.717, 1.165) is 16.8 Å². The molecule has 1 aromatic heterocycles. The molecule has 0 aliphatic heterocycles. The number of nitro groups is 1. The maximum Gasteiger partial charge on any atom is 0.423 e. The van der Waals surface area contributed by atoms with Crippen LogP contribution in [0.15, 0.2) is 48.7 Å². The Morgan fingerprint density at radius 2 is 1.96 bits per heavy atom. The summed E-state index contributed by atoms with van der Waals surface area (Å²) in [6.45, 7) is 1.36. The van der Waals surface area contributed by atoms with Gasteiger partial charge in [0.2, 0.25) is 5.91 Å². The molecule has 1 N–H and O–H groups in total. The van der Waals surface area contributed by atoms with Crippen LogP contribution >= 0.6 is 0 Å². The number of nitrogens with zero attached hydrogens (tertiary/aromatic N) is 4. The number of carbonyl (C=O) groups is 1. The quantitative estimate of drug-likeness (QED) is 0.538. The number of benzene rings is 2. The number of nitro benzene ring substituents is 1. The fraction of sp³-hybridized carbons (Fsp3) is 0.118. The van der Waals surface area contributed by atoms with E-state index < -0.39 is 22.4 Å². The molecule has 1 heterocycles. The predicted octanol–water partition coefficient (Wildman–Crippen LogP) is 3.82. The lowest BCUT2D eigenvalue weighted by molar-refractivity contribution is -0.388. The molecule has 0 unspecified atom stereocenters. The molecule has 0 saturated heterocycles. The van der Waals surface area contributed by atoms with Gasteiger partial charge in [-0.05, 0) is 24.3 Å². The lowest BCUT2D eigenvalue weighted by Gasteiger charge is -2.09. The third kappa shape index (κ3) is 3.98. The third-order valence-corrected chi connectivity index (χ3v) is 3.72. The van der Waals surface area contributed by atoms with E-state index in [4.69, 9.17) is 0 Å². The van der Waals surface area contributed by atoms with E-state index in [0.29, 0.717) is 23.0 Å². The standard InChI is InChI=1S/C17H12F3N5O3/c1-10(26)21-12-4-2-3-11(7-12)15-9-24(23-22-15)13-5-6-16(25(27)28)14(8-13)17(18,19)20/h2-9H,1H3,(H,21,26). The Morgan fingerprint density at radius 3 is 2.61 bits per heavy atom. The van der Waals surface area contributed by atoms with Gasteiger partial charge >= 0.3 is 6.18 Å². The molecule has 144 valence electrons. The van der Waals surface area contributed by atoms with Crippen molar-refractivity contribution in [3.63, 3.8) is 0 Å². The summed E-state index contributed by atoms with van der Waals surface area (Å²) in [5, 5.41) is 21.2. The number of alkyl halides is 3. The molecule has 3 aromatic rings. The highest BCUT2D eigenvalue weighted by Gasteiger charge is 2.38. The van der Waals surface area contributed by atoms with Crippen molar-refractivity contribution < 1.29 is 22.9 Å². The molecule has 0 bridgehead atoms. The zero-order chi connectivity index (χ0) is 20.5. The molecule has 8 nitrogen and oxygen atoms in total. The van der Waals surface area contributed by atoms with E-state index in [-0.39, 0.29) is 11.6 Å².